The van der Waals surface area contributed by atoms with Gasteiger partial charge in [0.2, 0.25) is 11.8 Å². The summed E-state index contributed by atoms with van der Waals surface area (Å²) < 4.78 is 1.62. The first-order chi connectivity index (χ1) is 15.1. The van der Waals surface area contributed by atoms with E-state index in [0.717, 1.165) is 24.1 Å². The number of carbonyl (C=O) groups is 2. The number of carbonyl (C=O) groups excluding carboxylic acids is 2. The van der Waals surface area contributed by atoms with Crippen molar-refractivity contribution in [1.29, 1.82) is 0 Å². The molecular weight excluding hydrogens is 410 g/mol. The Balaban J connectivity index is 1.50. The molecule has 10 nitrogen and oxygen atoms in total. The minimum Gasteiger partial charge on any atom is -0.391 e. The number of hydrogen-bond donors (Lipinski definition) is 2. The summed E-state index contributed by atoms with van der Waals surface area (Å²) in [6.45, 7) is 8.04. The van der Waals surface area contributed by atoms with Crippen molar-refractivity contribution < 1.29 is 14.7 Å². The van der Waals surface area contributed by atoms with Crippen LogP contribution in [0.3, 0.4) is 0 Å². The number of amides is 2. The van der Waals surface area contributed by atoms with Crippen molar-refractivity contribution in [2.24, 2.45) is 5.41 Å². The van der Waals surface area contributed by atoms with E-state index in [2.05, 4.69) is 25.6 Å². The van der Waals surface area contributed by atoms with E-state index in [4.69, 9.17) is 0 Å². The van der Waals surface area contributed by atoms with E-state index >= 15 is 0 Å². The zero-order chi connectivity index (χ0) is 23.0. The molecule has 2 amide bonds. The fraction of sp³-hybridized carbons (Fsp3) is 0.636. The number of aliphatic hydroxyl groups excluding tert-OH is 1. The average molecular weight is 442 g/mol. The number of aromatic nitrogens is 5. The van der Waals surface area contributed by atoms with Gasteiger partial charge in [0, 0.05) is 37.5 Å². The van der Waals surface area contributed by atoms with Crippen molar-refractivity contribution in [2.45, 2.75) is 77.6 Å². The van der Waals surface area contributed by atoms with Gasteiger partial charge in [-0.1, -0.05) is 26.0 Å². The Bertz CT molecular complexity index is 978. The van der Waals surface area contributed by atoms with Crippen LogP contribution in [0, 0.1) is 12.3 Å². The molecule has 172 valence electrons. The van der Waals surface area contributed by atoms with Crippen molar-refractivity contribution >= 4 is 11.8 Å². The summed E-state index contributed by atoms with van der Waals surface area (Å²) in [5.41, 5.74) is 1.37. The molecule has 2 N–H and O–H groups in total. The van der Waals surface area contributed by atoms with Crippen LogP contribution >= 0.6 is 0 Å². The van der Waals surface area contributed by atoms with E-state index in [0.29, 0.717) is 11.7 Å². The molecule has 4 rings (SSSR count). The maximum absolute atomic E-state index is 13.7. The highest BCUT2D eigenvalue weighted by atomic mass is 16.3. The summed E-state index contributed by atoms with van der Waals surface area (Å²) in [7, 11) is 0. The van der Waals surface area contributed by atoms with Gasteiger partial charge in [0.25, 0.3) is 0 Å². The maximum Gasteiger partial charge on any atom is 0.248 e. The summed E-state index contributed by atoms with van der Waals surface area (Å²) in [4.78, 5) is 36.5. The van der Waals surface area contributed by atoms with Gasteiger partial charge in [-0.05, 0) is 30.7 Å². The first kappa shape index (κ1) is 22.3. The Kier molecular flexibility index (Phi) is 5.98. The van der Waals surface area contributed by atoms with Crippen molar-refractivity contribution in [3.63, 3.8) is 0 Å². The Morgan fingerprint density at radius 1 is 1.25 bits per heavy atom. The predicted molar refractivity (Wildman–Crippen MR) is 115 cm³/mol. The van der Waals surface area contributed by atoms with Crippen LogP contribution in [0.1, 0.15) is 69.1 Å². The number of likely N-dealkylation sites (tertiary alicyclic amines) is 1. The molecule has 32 heavy (non-hydrogen) atoms. The van der Waals surface area contributed by atoms with Crippen LogP contribution in [-0.4, -0.2) is 65.5 Å². The lowest BCUT2D eigenvalue weighted by atomic mass is 9.85. The average Bonchev–Trinajstić information content (AvgIpc) is 3.34. The molecule has 1 aliphatic carbocycles. The van der Waals surface area contributed by atoms with Crippen molar-refractivity contribution in [2.75, 3.05) is 6.54 Å². The fourth-order valence-electron chi connectivity index (χ4n) is 4.12. The summed E-state index contributed by atoms with van der Waals surface area (Å²) in [6, 6.07) is -1.40. The lowest BCUT2D eigenvalue weighted by Gasteiger charge is -2.34. The molecule has 2 aliphatic rings. The van der Waals surface area contributed by atoms with Gasteiger partial charge in [-0.25, -0.2) is 14.6 Å². The van der Waals surface area contributed by atoms with Gasteiger partial charge in [0.1, 0.15) is 17.9 Å². The van der Waals surface area contributed by atoms with E-state index in [-0.39, 0.29) is 31.3 Å². The third-order valence-corrected chi connectivity index (χ3v) is 5.96. The second-order valence-electron chi connectivity index (χ2n) is 9.96. The molecule has 0 bridgehead atoms. The Morgan fingerprint density at radius 2 is 1.94 bits per heavy atom. The lowest BCUT2D eigenvalue weighted by molar-refractivity contribution is -0.144. The molecule has 10 heteroatoms. The highest BCUT2D eigenvalue weighted by Gasteiger charge is 2.45. The molecule has 2 fully saturated rings. The summed E-state index contributed by atoms with van der Waals surface area (Å²) in [5, 5.41) is 21.6. The Morgan fingerprint density at radius 3 is 2.56 bits per heavy atom. The second-order valence-corrected chi connectivity index (χ2v) is 9.96. The molecule has 1 saturated heterocycles. The van der Waals surface area contributed by atoms with Gasteiger partial charge in [-0.15, -0.1) is 5.10 Å². The van der Waals surface area contributed by atoms with Gasteiger partial charge < -0.3 is 15.3 Å². The Hall–Kier alpha value is -2.88. The van der Waals surface area contributed by atoms with E-state index in [9.17, 15) is 14.7 Å². The first-order valence-electron chi connectivity index (χ1n) is 11.1. The number of nitrogens with zero attached hydrogens (tertiary/aromatic N) is 6. The number of aryl methyl sites for hydroxylation is 1. The van der Waals surface area contributed by atoms with E-state index in [1.54, 1.807) is 17.1 Å². The number of nitrogens with one attached hydrogen (secondary N) is 1. The standard InChI is InChI=1S/C22H31N7O3/c1-13-8-23-18(24-9-13)10-25-20(31)17-7-15(30)11-28(17)21(32)19(22(2,3)4)29-12-16(26-27-29)14-5-6-14/h8-9,12,14-15,17,19,30H,5-7,10-11H2,1-4H3,(H,25,31)/t15?,17?,19-/m1/s1. The SMILES string of the molecule is Cc1cnc(CNC(=O)C2CC(O)CN2C(=O)[C@@H](n2cc(C3CC3)nn2)C(C)(C)C)nc1. The second kappa shape index (κ2) is 8.57. The van der Waals surface area contributed by atoms with Gasteiger partial charge in [-0.3, -0.25) is 9.59 Å². The molecule has 1 aliphatic heterocycles. The fourth-order valence-corrected chi connectivity index (χ4v) is 4.12. The number of β-amino-alcohol motifs (C(OH)–C–C–N with tert-alkyl or cyclic N) is 1. The number of hydrogen-bond acceptors (Lipinski definition) is 7. The minimum atomic E-state index is -0.765. The molecule has 3 heterocycles. The summed E-state index contributed by atoms with van der Waals surface area (Å²) in [6.07, 6.45) is 6.84. The minimum absolute atomic E-state index is 0.106. The molecule has 0 aromatic carbocycles. The zero-order valence-electron chi connectivity index (χ0n) is 19.0. The molecular formula is C22H31N7O3. The molecule has 0 radical (unpaired) electrons. The van der Waals surface area contributed by atoms with Crippen LogP contribution in [0.4, 0.5) is 0 Å². The summed E-state index contributed by atoms with van der Waals surface area (Å²) >= 11 is 0. The molecule has 2 aromatic rings. The van der Waals surface area contributed by atoms with Gasteiger partial charge in [0.15, 0.2) is 0 Å². The van der Waals surface area contributed by atoms with E-state index in [1.165, 1.54) is 4.90 Å². The van der Waals surface area contributed by atoms with Crippen molar-refractivity contribution in [3.8, 4) is 0 Å². The third-order valence-electron chi connectivity index (χ3n) is 5.96. The van der Waals surface area contributed by atoms with Crippen LogP contribution in [0.25, 0.3) is 0 Å². The highest BCUT2D eigenvalue weighted by molar-refractivity contribution is 5.90. The normalized spacial score (nSPS) is 22.1. The van der Waals surface area contributed by atoms with Crippen molar-refractivity contribution in [1.82, 2.24) is 35.2 Å². The molecule has 0 spiro atoms. The van der Waals surface area contributed by atoms with Crippen LogP contribution in [-0.2, 0) is 16.1 Å². The summed E-state index contributed by atoms with van der Waals surface area (Å²) in [5.74, 6) is 0.343. The third kappa shape index (κ3) is 4.79. The van der Waals surface area contributed by atoms with E-state index in [1.807, 2.05) is 33.9 Å². The lowest BCUT2D eigenvalue weighted by Crippen LogP contribution is -2.50. The molecule has 1 saturated carbocycles. The molecule has 3 atom stereocenters. The number of rotatable bonds is 6. The van der Waals surface area contributed by atoms with Gasteiger partial charge in [0.05, 0.1) is 18.3 Å². The molecule has 2 aromatic heterocycles. The molecule has 2 unspecified atom stereocenters. The quantitative estimate of drug-likeness (QED) is 0.688. The largest absolute Gasteiger partial charge is 0.391 e. The zero-order valence-corrected chi connectivity index (χ0v) is 19.0. The van der Waals surface area contributed by atoms with Crippen LogP contribution in [0.5, 0.6) is 0 Å². The predicted octanol–water partition coefficient (Wildman–Crippen LogP) is 1.12. The highest BCUT2D eigenvalue weighted by Crippen LogP contribution is 2.40. The number of aliphatic hydroxyl groups is 1. The Labute approximate surface area is 187 Å². The smallest absolute Gasteiger partial charge is 0.248 e. The van der Waals surface area contributed by atoms with Crippen LogP contribution in [0.15, 0.2) is 18.6 Å². The van der Waals surface area contributed by atoms with Gasteiger partial charge >= 0.3 is 0 Å². The van der Waals surface area contributed by atoms with E-state index < -0.39 is 23.6 Å². The van der Waals surface area contributed by atoms with Gasteiger partial charge in [-0.2, -0.15) is 0 Å². The van der Waals surface area contributed by atoms with Crippen LogP contribution < -0.4 is 5.32 Å². The maximum atomic E-state index is 13.7. The monoisotopic (exact) mass is 441 g/mol. The topological polar surface area (TPSA) is 126 Å². The van der Waals surface area contributed by atoms with Crippen molar-refractivity contribution in [3.05, 3.63) is 35.7 Å². The van der Waals surface area contributed by atoms with Crippen LogP contribution in [0.2, 0.25) is 0 Å². The first-order valence-corrected chi connectivity index (χ1v) is 11.1.